The number of benzene rings is 1. The van der Waals surface area contributed by atoms with Crippen LogP contribution < -0.4 is 5.32 Å². The third-order valence-corrected chi connectivity index (χ3v) is 4.39. The molecule has 0 aliphatic heterocycles. The average molecular weight is 346 g/mol. The van der Waals surface area contributed by atoms with E-state index in [0.717, 1.165) is 40.3 Å². The fourth-order valence-corrected chi connectivity index (χ4v) is 2.98. The monoisotopic (exact) mass is 344 g/mol. The molecule has 0 radical (unpaired) electrons. The normalized spacial score (nSPS) is 10.8. The molecule has 0 aliphatic carbocycles. The zero-order valence-corrected chi connectivity index (χ0v) is 13.2. The molecule has 0 saturated carbocycles. The van der Waals surface area contributed by atoms with Gasteiger partial charge in [0, 0.05) is 40.1 Å². The summed E-state index contributed by atoms with van der Waals surface area (Å²) < 4.78 is 1.05. The van der Waals surface area contributed by atoms with Crippen molar-refractivity contribution >= 4 is 38.9 Å². The van der Waals surface area contributed by atoms with Crippen molar-refractivity contribution in [3.8, 4) is 0 Å². The highest BCUT2D eigenvalue weighted by atomic mass is 79.9. The predicted molar refractivity (Wildman–Crippen MR) is 81.4 cm³/mol. The van der Waals surface area contributed by atoms with Crippen LogP contribution in [0.5, 0.6) is 0 Å². The van der Waals surface area contributed by atoms with Gasteiger partial charge in [0.2, 0.25) is 0 Å². The van der Waals surface area contributed by atoms with Gasteiger partial charge in [-0.05, 0) is 30.7 Å². The van der Waals surface area contributed by atoms with Gasteiger partial charge in [-0.3, -0.25) is 0 Å². The molecular formula is C13H14BrClN2S. The Bertz CT molecular complexity index is 527. The van der Waals surface area contributed by atoms with Gasteiger partial charge in [-0.15, -0.1) is 11.3 Å². The standard InChI is InChI=1S/C13H14BrClN2S/c1-9-8-18-13(17-9)4-5-16-7-10-6-11(14)2-3-12(10)15/h2-3,6,8,16H,4-5,7H2,1H3. The van der Waals surface area contributed by atoms with E-state index in [4.69, 9.17) is 11.6 Å². The zero-order chi connectivity index (χ0) is 13.0. The highest BCUT2D eigenvalue weighted by molar-refractivity contribution is 9.10. The van der Waals surface area contributed by atoms with Crippen LogP contribution in [0.25, 0.3) is 0 Å². The first-order valence-corrected chi connectivity index (χ1v) is 7.76. The van der Waals surface area contributed by atoms with E-state index in [-0.39, 0.29) is 0 Å². The summed E-state index contributed by atoms with van der Waals surface area (Å²) in [5.74, 6) is 0. The smallest absolute Gasteiger partial charge is 0.0940 e. The number of aromatic nitrogens is 1. The highest BCUT2D eigenvalue weighted by Crippen LogP contribution is 2.20. The summed E-state index contributed by atoms with van der Waals surface area (Å²) in [5.41, 5.74) is 2.21. The first-order chi connectivity index (χ1) is 8.65. The van der Waals surface area contributed by atoms with Crippen LogP contribution in [0.15, 0.2) is 28.1 Å². The second-order valence-electron chi connectivity index (χ2n) is 4.05. The Morgan fingerprint density at radius 2 is 2.28 bits per heavy atom. The van der Waals surface area contributed by atoms with Crippen LogP contribution in [0.3, 0.4) is 0 Å². The van der Waals surface area contributed by atoms with Gasteiger partial charge in [0.15, 0.2) is 0 Å². The summed E-state index contributed by atoms with van der Waals surface area (Å²) in [6, 6.07) is 5.90. The quantitative estimate of drug-likeness (QED) is 0.822. The average Bonchev–Trinajstić information content (AvgIpc) is 2.75. The molecule has 2 aromatic rings. The van der Waals surface area contributed by atoms with Crippen molar-refractivity contribution in [3.05, 3.63) is 49.3 Å². The number of nitrogens with zero attached hydrogens (tertiary/aromatic N) is 1. The van der Waals surface area contributed by atoms with Gasteiger partial charge in [-0.25, -0.2) is 4.98 Å². The number of thiazole rings is 1. The Hall–Kier alpha value is -0.420. The minimum atomic E-state index is 0.780. The Balaban J connectivity index is 1.80. The third kappa shape index (κ3) is 4.05. The maximum Gasteiger partial charge on any atom is 0.0940 e. The van der Waals surface area contributed by atoms with E-state index in [1.54, 1.807) is 11.3 Å². The summed E-state index contributed by atoms with van der Waals surface area (Å²) in [6.07, 6.45) is 0.962. The number of rotatable bonds is 5. The van der Waals surface area contributed by atoms with E-state index < -0.39 is 0 Å². The lowest BCUT2D eigenvalue weighted by atomic mass is 10.2. The van der Waals surface area contributed by atoms with Crippen LogP contribution in [-0.2, 0) is 13.0 Å². The summed E-state index contributed by atoms with van der Waals surface area (Å²) in [5, 5.41) is 7.46. The predicted octanol–water partition coefficient (Wildman–Crippen LogP) is 4.20. The van der Waals surface area contributed by atoms with Crippen molar-refractivity contribution in [2.45, 2.75) is 19.9 Å². The van der Waals surface area contributed by atoms with Crippen molar-refractivity contribution < 1.29 is 0 Å². The Morgan fingerprint density at radius 1 is 1.44 bits per heavy atom. The van der Waals surface area contributed by atoms with E-state index in [0.29, 0.717) is 0 Å². The number of halogens is 2. The Morgan fingerprint density at radius 3 is 3.00 bits per heavy atom. The molecule has 0 bridgehead atoms. The maximum atomic E-state index is 6.12. The molecule has 0 atom stereocenters. The third-order valence-electron chi connectivity index (χ3n) is 2.51. The molecule has 5 heteroatoms. The van der Waals surface area contributed by atoms with Crippen molar-refractivity contribution in [2.24, 2.45) is 0 Å². The SMILES string of the molecule is Cc1csc(CCNCc2cc(Br)ccc2Cl)n1. The lowest BCUT2D eigenvalue weighted by Gasteiger charge is -2.06. The van der Waals surface area contributed by atoms with E-state index in [1.165, 1.54) is 5.01 Å². The summed E-state index contributed by atoms with van der Waals surface area (Å²) in [6.45, 7) is 3.72. The zero-order valence-electron chi connectivity index (χ0n) is 10.0. The minimum Gasteiger partial charge on any atom is -0.312 e. The van der Waals surface area contributed by atoms with Gasteiger partial charge >= 0.3 is 0 Å². The molecule has 0 spiro atoms. The largest absolute Gasteiger partial charge is 0.312 e. The molecule has 1 N–H and O–H groups in total. The molecule has 1 heterocycles. The van der Waals surface area contributed by atoms with Gasteiger partial charge in [-0.2, -0.15) is 0 Å². The fraction of sp³-hybridized carbons (Fsp3) is 0.308. The second kappa shape index (κ2) is 6.66. The molecule has 0 unspecified atom stereocenters. The number of aryl methyl sites for hydroxylation is 1. The first-order valence-electron chi connectivity index (χ1n) is 5.71. The minimum absolute atomic E-state index is 0.780. The second-order valence-corrected chi connectivity index (χ2v) is 6.31. The Labute approximate surface area is 125 Å². The first kappa shape index (κ1) is 14.0. The molecule has 96 valence electrons. The molecular weight excluding hydrogens is 332 g/mol. The molecule has 0 fully saturated rings. The van der Waals surface area contributed by atoms with Gasteiger partial charge in [0.1, 0.15) is 0 Å². The summed E-state index contributed by atoms with van der Waals surface area (Å²) >= 11 is 11.3. The van der Waals surface area contributed by atoms with Crippen molar-refractivity contribution in [1.82, 2.24) is 10.3 Å². The number of nitrogens with one attached hydrogen (secondary N) is 1. The fourth-order valence-electron chi connectivity index (χ4n) is 1.61. The van der Waals surface area contributed by atoms with Gasteiger partial charge in [-0.1, -0.05) is 27.5 Å². The van der Waals surface area contributed by atoms with E-state index in [2.05, 4.69) is 31.6 Å². The van der Waals surface area contributed by atoms with Gasteiger partial charge in [0.25, 0.3) is 0 Å². The number of hydrogen-bond donors (Lipinski definition) is 1. The topological polar surface area (TPSA) is 24.9 Å². The van der Waals surface area contributed by atoms with Crippen molar-refractivity contribution in [1.29, 1.82) is 0 Å². The van der Waals surface area contributed by atoms with Crippen LogP contribution >= 0.6 is 38.9 Å². The molecule has 2 nitrogen and oxygen atoms in total. The molecule has 1 aromatic carbocycles. The maximum absolute atomic E-state index is 6.12. The molecule has 18 heavy (non-hydrogen) atoms. The van der Waals surface area contributed by atoms with Gasteiger partial charge in [0.05, 0.1) is 5.01 Å². The van der Waals surface area contributed by atoms with Crippen LogP contribution in [0, 0.1) is 6.92 Å². The van der Waals surface area contributed by atoms with Crippen LogP contribution in [-0.4, -0.2) is 11.5 Å². The van der Waals surface area contributed by atoms with E-state index >= 15 is 0 Å². The molecule has 0 saturated heterocycles. The van der Waals surface area contributed by atoms with Crippen LogP contribution in [0.1, 0.15) is 16.3 Å². The van der Waals surface area contributed by atoms with Crippen LogP contribution in [0.2, 0.25) is 5.02 Å². The van der Waals surface area contributed by atoms with E-state index in [1.807, 2.05) is 25.1 Å². The lowest BCUT2D eigenvalue weighted by Crippen LogP contribution is -2.16. The van der Waals surface area contributed by atoms with Crippen LogP contribution in [0.4, 0.5) is 0 Å². The molecule has 1 aromatic heterocycles. The summed E-state index contributed by atoms with van der Waals surface area (Å²) in [4.78, 5) is 4.43. The van der Waals surface area contributed by atoms with Gasteiger partial charge < -0.3 is 5.32 Å². The molecule has 2 rings (SSSR count). The van der Waals surface area contributed by atoms with Crippen molar-refractivity contribution in [2.75, 3.05) is 6.54 Å². The summed E-state index contributed by atoms with van der Waals surface area (Å²) in [7, 11) is 0. The Kier molecular flexibility index (Phi) is 5.18. The number of hydrogen-bond acceptors (Lipinski definition) is 3. The van der Waals surface area contributed by atoms with Crippen molar-refractivity contribution in [3.63, 3.8) is 0 Å². The van der Waals surface area contributed by atoms with E-state index in [9.17, 15) is 0 Å². The molecule has 0 aliphatic rings. The highest BCUT2D eigenvalue weighted by Gasteiger charge is 2.02. The lowest BCUT2D eigenvalue weighted by molar-refractivity contribution is 0.684. The molecule has 0 amide bonds.